The number of esters is 4. The molecule has 4 aromatic rings. The Kier molecular flexibility index (Phi) is 17.5. The van der Waals surface area contributed by atoms with E-state index in [1.165, 1.54) is 0 Å². The van der Waals surface area contributed by atoms with Gasteiger partial charge in [0, 0.05) is 12.3 Å². The Labute approximate surface area is 333 Å². The van der Waals surface area contributed by atoms with Gasteiger partial charge in [-0.05, 0) is 101 Å². The maximum absolute atomic E-state index is 12.7. The van der Waals surface area contributed by atoms with E-state index in [-0.39, 0.29) is 35.9 Å². The van der Waals surface area contributed by atoms with Crippen LogP contribution in [0.15, 0.2) is 121 Å². The molecular weight excluding hydrogens is 705 g/mol. The smallest absolute Gasteiger partial charge is 0.338 e. The fourth-order valence-electron chi connectivity index (χ4n) is 6.85. The van der Waals surface area contributed by atoms with Crippen molar-refractivity contribution in [1.82, 2.24) is 0 Å². The molecule has 4 atom stereocenters. The van der Waals surface area contributed by atoms with Gasteiger partial charge in [-0.15, -0.1) is 0 Å². The van der Waals surface area contributed by atoms with Crippen molar-refractivity contribution in [1.29, 1.82) is 0 Å². The summed E-state index contributed by atoms with van der Waals surface area (Å²) in [5.41, 5.74) is -0.0962. The summed E-state index contributed by atoms with van der Waals surface area (Å²) in [5.74, 6) is -1.52. The predicted octanol–water partition coefficient (Wildman–Crippen LogP) is 11.5. The van der Waals surface area contributed by atoms with Crippen molar-refractivity contribution in [3.8, 4) is 0 Å². The van der Waals surface area contributed by atoms with Gasteiger partial charge in [0.05, 0.1) is 22.3 Å². The molecule has 0 radical (unpaired) electrons. The minimum absolute atomic E-state index is 0.108. The summed E-state index contributed by atoms with van der Waals surface area (Å²) in [5, 5.41) is 0. The highest BCUT2D eigenvalue weighted by Crippen LogP contribution is 2.37. The lowest BCUT2D eigenvalue weighted by Gasteiger charge is -2.40. The van der Waals surface area contributed by atoms with E-state index in [0.717, 1.165) is 6.42 Å². The van der Waals surface area contributed by atoms with Crippen molar-refractivity contribution < 1.29 is 38.1 Å². The first-order valence-electron chi connectivity index (χ1n) is 19.9. The highest BCUT2D eigenvalue weighted by atomic mass is 16.6. The van der Waals surface area contributed by atoms with Gasteiger partial charge in [0.25, 0.3) is 0 Å². The van der Waals surface area contributed by atoms with Crippen LogP contribution in [0.1, 0.15) is 142 Å². The highest BCUT2D eigenvalue weighted by Gasteiger charge is 2.43. The molecule has 4 aromatic carbocycles. The van der Waals surface area contributed by atoms with Crippen molar-refractivity contribution in [2.24, 2.45) is 5.92 Å². The second-order valence-electron chi connectivity index (χ2n) is 14.5. The van der Waals surface area contributed by atoms with Crippen LogP contribution in [0.25, 0.3) is 0 Å². The standard InChI is InChI=1S/2C24H30O4/c1-5-23(4,27-21(25)19-14-10-8-11-15-19)18-24(6-2,7-3)28-22(26)20-16-12-9-13-17-20;1-5-20(21(6-2)27-22(25)18-14-10-8-11-15-18)24(4,7-3)28-23(26)19-16-12-9-13-17-19/h8-17H,5-7,18H2,1-4H3;8-17,20-21H,5-7H2,1-4H3. The van der Waals surface area contributed by atoms with Gasteiger partial charge in [0.2, 0.25) is 0 Å². The first kappa shape index (κ1) is 45.2. The highest BCUT2D eigenvalue weighted by molar-refractivity contribution is 5.91. The van der Waals surface area contributed by atoms with E-state index in [4.69, 9.17) is 18.9 Å². The zero-order valence-electron chi connectivity index (χ0n) is 34.4. The van der Waals surface area contributed by atoms with Gasteiger partial charge in [-0.25, -0.2) is 19.2 Å². The van der Waals surface area contributed by atoms with Crippen molar-refractivity contribution in [2.45, 2.75) is 123 Å². The van der Waals surface area contributed by atoms with Crippen molar-refractivity contribution in [3.63, 3.8) is 0 Å². The fourth-order valence-corrected chi connectivity index (χ4v) is 6.85. The van der Waals surface area contributed by atoms with Crippen molar-refractivity contribution in [2.75, 3.05) is 0 Å². The second-order valence-corrected chi connectivity index (χ2v) is 14.5. The maximum atomic E-state index is 12.7. The molecule has 300 valence electrons. The Morgan fingerprint density at radius 2 is 0.839 bits per heavy atom. The lowest BCUT2D eigenvalue weighted by atomic mass is 9.79. The van der Waals surface area contributed by atoms with Gasteiger partial charge >= 0.3 is 23.9 Å². The minimum Gasteiger partial charge on any atom is -0.458 e. The van der Waals surface area contributed by atoms with Crippen LogP contribution in [0.2, 0.25) is 0 Å². The lowest BCUT2D eigenvalue weighted by Crippen LogP contribution is -2.46. The van der Waals surface area contributed by atoms with Crippen molar-refractivity contribution in [3.05, 3.63) is 144 Å². The molecule has 0 aromatic heterocycles. The van der Waals surface area contributed by atoms with Crippen LogP contribution >= 0.6 is 0 Å². The molecule has 0 fully saturated rings. The zero-order chi connectivity index (χ0) is 41.2. The Balaban J connectivity index is 0.000000300. The molecule has 8 heteroatoms. The summed E-state index contributed by atoms with van der Waals surface area (Å²) in [7, 11) is 0. The molecule has 8 nitrogen and oxygen atoms in total. The Bertz CT molecular complexity index is 1730. The molecule has 0 amide bonds. The van der Waals surface area contributed by atoms with E-state index in [1.54, 1.807) is 48.5 Å². The third kappa shape index (κ3) is 12.7. The average molecular weight is 765 g/mol. The number of hydrogen-bond acceptors (Lipinski definition) is 8. The number of carbonyl (C=O) groups is 4. The number of hydrogen-bond donors (Lipinski definition) is 0. The first-order valence-corrected chi connectivity index (χ1v) is 19.9. The third-order valence-electron chi connectivity index (χ3n) is 10.8. The molecule has 4 rings (SSSR count). The SMILES string of the molecule is CCC(C)(CC(CC)(CC)OC(=O)c1ccccc1)OC(=O)c1ccccc1.CCC(OC(=O)c1ccccc1)C(CC)C(C)(CC)OC(=O)c1ccccc1. The predicted molar refractivity (Wildman–Crippen MR) is 221 cm³/mol. The molecule has 4 unspecified atom stereocenters. The Morgan fingerprint density at radius 1 is 0.464 bits per heavy atom. The van der Waals surface area contributed by atoms with Gasteiger partial charge < -0.3 is 18.9 Å². The molecule has 56 heavy (non-hydrogen) atoms. The molecule has 0 saturated heterocycles. The Morgan fingerprint density at radius 3 is 1.18 bits per heavy atom. The van der Waals surface area contributed by atoms with Gasteiger partial charge in [-0.2, -0.15) is 0 Å². The van der Waals surface area contributed by atoms with Crippen LogP contribution in [0.4, 0.5) is 0 Å². The number of rotatable bonds is 18. The monoisotopic (exact) mass is 764 g/mol. The summed E-state index contributed by atoms with van der Waals surface area (Å²) < 4.78 is 23.7. The molecule has 0 aliphatic rings. The summed E-state index contributed by atoms with van der Waals surface area (Å²) in [4.78, 5) is 50.5. The zero-order valence-corrected chi connectivity index (χ0v) is 34.4. The molecule has 0 heterocycles. The largest absolute Gasteiger partial charge is 0.458 e. The summed E-state index contributed by atoms with van der Waals surface area (Å²) in [6.07, 6.45) is 4.01. The Hall–Kier alpha value is -5.24. The molecule has 0 aliphatic heterocycles. The normalized spacial score (nSPS) is 14.3. The van der Waals surface area contributed by atoms with Crippen LogP contribution in [0, 0.1) is 5.92 Å². The quantitative estimate of drug-likeness (QED) is 0.0728. The van der Waals surface area contributed by atoms with E-state index in [1.807, 2.05) is 128 Å². The van der Waals surface area contributed by atoms with Crippen molar-refractivity contribution >= 4 is 23.9 Å². The van der Waals surface area contributed by atoms with E-state index in [0.29, 0.717) is 60.8 Å². The molecule has 0 bridgehead atoms. The van der Waals surface area contributed by atoms with E-state index < -0.39 is 16.8 Å². The lowest BCUT2D eigenvalue weighted by molar-refractivity contribution is -0.0864. The molecule has 0 N–H and O–H groups in total. The van der Waals surface area contributed by atoms with Crippen LogP contribution < -0.4 is 0 Å². The first-order chi connectivity index (χ1) is 26.8. The summed E-state index contributed by atoms with van der Waals surface area (Å²) >= 11 is 0. The molecule has 0 saturated carbocycles. The van der Waals surface area contributed by atoms with Gasteiger partial charge in [-0.1, -0.05) is 114 Å². The minimum atomic E-state index is -0.740. The van der Waals surface area contributed by atoms with E-state index in [2.05, 4.69) is 0 Å². The number of carbonyl (C=O) groups excluding carboxylic acids is 4. The number of benzene rings is 4. The van der Waals surface area contributed by atoms with Gasteiger partial charge in [0.15, 0.2) is 0 Å². The topological polar surface area (TPSA) is 105 Å². The summed E-state index contributed by atoms with van der Waals surface area (Å²) in [6.45, 7) is 15.8. The van der Waals surface area contributed by atoms with Crippen LogP contribution in [-0.4, -0.2) is 46.8 Å². The van der Waals surface area contributed by atoms with Crippen LogP contribution in [0.3, 0.4) is 0 Å². The van der Waals surface area contributed by atoms with Crippen LogP contribution in [0.5, 0.6) is 0 Å². The number of ether oxygens (including phenoxy) is 4. The molecule has 0 spiro atoms. The molecule has 0 aliphatic carbocycles. The maximum Gasteiger partial charge on any atom is 0.338 e. The average Bonchev–Trinajstić information content (AvgIpc) is 3.24. The molecular formula is C48H60O8. The van der Waals surface area contributed by atoms with Crippen LogP contribution in [-0.2, 0) is 18.9 Å². The van der Waals surface area contributed by atoms with Gasteiger partial charge in [-0.3, -0.25) is 0 Å². The van der Waals surface area contributed by atoms with E-state index >= 15 is 0 Å². The summed E-state index contributed by atoms with van der Waals surface area (Å²) in [6, 6.07) is 35.9. The fraction of sp³-hybridized carbons (Fsp3) is 0.417. The van der Waals surface area contributed by atoms with Gasteiger partial charge in [0.1, 0.15) is 22.9 Å². The second kappa shape index (κ2) is 21.7. The third-order valence-corrected chi connectivity index (χ3v) is 10.8. The van der Waals surface area contributed by atoms with E-state index in [9.17, 15) is 19.2 Å².